The van der Waals surface area contributed by atoms with Crippen molar-refractivity contribution >= 4 is 11.8 Å². The van der Waals surface area contributed by atoms with Crippen LogP contribution in [0.25, 0.3) is 17.1 Å². The maximum absolute atomic E-state index is 4.47. The molecular weight excluding hydrogens is 316 g/mol. The van der Waals surface area contributed by atoms with Gasteiger partial charge < -0.3 is 0 Å². The monoisotopic (exact) mass is 338 g/mol. The van der Waals surface area contributed by atoms with Crippen molar-refractivity contribution in [1.82, 2.24) is 19.7 Å². The van der Waals surface area contributed by atoms with E-state index in [-0.39, 0.29) is 0 Å². The predicted molar refractivity (Wildman–Crippen MR) is 99.7 cm³/mol. The molecule has 0 aliphatic rings. The average Bonchev–Trinajstić information content (AvgIpc) is 3.01. The fourth-order valence-electron chi connectivity index (χ4n) is 2.39. The molecule has 0 saturated carbocycles. The van der Waals surface area contributed by atoms with Crippen molar-refractivity contribution in [2.24, 2.45) is 0 Å². The molecule has 0 aliphatic heterocycles. The number of aryl methyl sites for hydroxylation is 2. The van der Waals surface area contributed by atoms with Gasteiger partial charge in [0.25, 0.3) is 0 Å². The molecule has 2 aromatic heterocycles. The summed E-state index contributed by atoms with van der Waals surface area (Å²) >= 11 is 1.76. The van der Waals surface area contributed by atoms with Gasteiger partial charge in [-0.15, -0.1) is 10.2 Å². The Kier molecular flexibility index (Phi) is 5.00. The highest BCUT2D eigenvalue weighted by Gasteiger charge is 2.18. The van der Waals surface area contributed by atoms with Gasteiger partial charge in [-0.1, -0.05) is 31.7 Å². The second-order valence-corrected chi connectivity index (χ2v) is 7.39. The second-order valence-electron chi connectivity index (χ2n) is 5.98. The lowest BCUT2D eigenvalue weighted by atomic mass is 10.1. The molecule has 0 fully saturated rings. The highest BCUT2D eigenvalue weighted by molar-refractivity contribution is 7.99. The average molecular weight is 338 g/mol. The molecule has 0 amide bonds. The minimum Gasteiger partial charge on any atom is -0.270 e. The Morgan fingerprint density at radius 1 is 1.04 bits per heavy atom. The molecule has 3 aromatic rings. The van der Waals surface area contributed by atoms with Gasteiger partial charge in [-0.05, 0) is 55.7 Å². The number of thioether (sulfide) groups is 1. The Labute approximate surface area is 147 Å². The number of benzene rings is 1. The van der Waals surface area contributed by atoms with Crippen molar-refractivity contribution in [2.75, 3.05) is 0 Å². The van der Waals surface area contributed by atoms with Crippen LogP contribution in [0.5, 0.6) is 0 Å². The Bertz CT molecular complexity index is 827. The number of hydrogen-bond acceptors (Lipinski definition) is 4. The Balaban J connectivity index is 2.15. The number of rotatable bonds is 5. The van der Waals surface area contributed by atoms with Gasteiger partial charge in [0.1, 0.15) is 0 Å². The van der Waals surface area contributed by atoms with Crippen LogP contribution in [0.4, 0.5) is 0 Å². The van der Waals surface area contributed by atoms with Gasteiger partial charge in [-0.2, -0.15) is 0 Å². The van der Waals surface area contributed by atoms with Crippen LogP contribution < -0.4 is 0 Å². The number of nitrogens with zero attached hydrogens (tertiary/aromatic N) is 4. The van der Waals surface area contributed by atoms with E-state index in [9.17, 15) is 0 Å². The molecule has 24 heavy (non-hydrogen) atoms. The smallest absolute Gasteiger partial charge is 0.196 e. The van der Waals surface area contributed by atoms with Gasteiger partial charge in [-0.25, -0.2) is 0 Å². The molecule has 0 saturated heterocycles. The van der Waals surface area contributed by atoms with Crippen molar-refractivity contribution in [3.05, 3.63) is 53.9 Å². The first-order valence-electron chi connectivity index (χ1n) is 8.20. The van der Waals surface area contributed by atoms with Crippen LogP contribution in [0.3, 0.4) is 0 Å². The summed E-state index contributed by atoms with van der Waals surface area (Å²) in [6.45, 7) is 8.68. The van der Waals surface area contributed by atoms with E-state index in [1.54, 1.807) is 24.2 Å². The molecule has 0 radical (unpaired) electrons. The summed E-state index contributed by atoms with van der Waals surface area (Å²) in [5.74, 6) is 0.853. The largest absolute Gasteiger partial charge is 0.270 e. The zero-order chi connectivity index (χ0) is 17.1. The van der Waals surface area contributed by atoms with Crippen LogP contribution in [0, 0.1) is 13.8 Å². The fraction of sp³-hybridized carbons (Fsp3) is 0.316. The lowest BCUT2D eigenvalue weighted by molar-refractivity contribution is 0.853. The van der Waals surface area contributed by atoms with E-state index in [0.29, 0.717) is 5.25 Å². The predicted octanol–water partition coefficient (Wildman–Crippen LogP) is 4.84. The maximum atomic E-state index is 4.47. The molecule has 2 heterocycles. The molecule has 124 valence electrons. The Morgan fingerprint density at radius 3 is 2.46 bits per heavy atom. The van der Waals surface area contributed by atoms with Crippen LogP contribution in [-0.4, -0.2) is 25.0 Å². The highest BCUT2D eigenvalue weighted by atomic mass is 32.2. The van der Waals surface area contributed by atoms with E-state index in [2.05, 4.69) is 65.6 Å². The third kappa shape index (κ3) is 3.36. The third-order valence-electron chi connectivity index (χ3n) is 4.20. The quantitative estimate of drug-likeness (QED) is 0.625. The lowest BCUT2D eigenvalue weighted by Crippen LogP contribution is -2.03. The van der Waals surface area contributed by atoms with E-state index >= 15 is 0 Å². The normalized spacial score (nSPS) is 12.3. The Morgan fingerprint density at radius 2 is 1.79 bits per heavy atom. The van der Waals surface area contributed by atoms with Gasteiger partial charge in [0.05, 0.1) is 5.69 Å². The van der Waals surface area contributed by atoms with Crippen molar-refractivity contribution in [3.63, 3.8) is 0 Å². The molecule has 3 rings (SSSR count). The van der Waals surface area contributed by atoms with Crippen LogP contribution in [0.2, 0.25) is 0 Å². The minimum atomic E-state index is 0.491. The van der Waals surface area contributed by atoms with Crippen LogP contribution >= 0.6 is 11.8 Å². The van der Waals surface area contributed by atoms with Gasteiger partial charge in [-0.3, -0.25) is 9.55 Å². The Hall–Kier alpha value is -2.14. The molecule has 1 unspecified atom stereocenters. The van der Waals surface area contributed by atoms with Crippen molar-refractivity contribution in [3.8, 4) is 17.1 Å². The number of hydrogen-bond donors (Lipinski definition) is 0. The summed E-state index contributed by atoms with van der Waals surface area (Å²) in [5.41, 5.74) is 4.67. The number of aromatic nitrogens is 4. The molecule has 4 nitrogen and oxygen atoms in total. The molecule has 5 heteroatoms. The molecule has 0 bridgehead atoms. The summed E-state index contributed by atoms with van der Waals surface area (Å²) in [7, 11) is 0. The van der Waals surface area contributed by atoms with E-state index < -0.39 is 0 Å². The van der Waals surface area contributed by atoms with Gasteiger partial charge in [0, 0.05) is 23.2 Å². The van der Waals surface area contributed by atoms with Crippen LogP contribution in [-0.2, 0) is 0 Å². The zero-order valence-corrected chi connectivity index (χ0v) is 15.3. The van der Waals surface area contributed by atoms with E-state index in [1.807, 2.05) is 12.1 Å². The third-order valence-corrected chi connectivity index (χ3v) is 5.41. The van der Waals surface area contributed by atoms with Gasteiger partial charge in [0.2, 0.25) is 0 Å². The second kappa shape index (κ2) is 7.18. The van der Waals surface area contributed by atoms with Crippen LogP contribution in [0.1, 0.15) is 31.4 Å². The maximum Gasteiger partial charge on any atom is 0.196 e. The number of pyridine rings is 1. The van der Waals surface area contributed by atoms with Crippen molar-refractivity contribution < 1.29 is 0 Å². The summed E-state index contributed by atoms with van der Waals surface area (Å²) in [6.07, 6.45) is 4.67. The minimum absolute atomic E-state index is 0.491. The highest BCUT2D eigenvalue weighted by Crippen LogP contribution is 2.31. The summed E-state index contributed by atoms with van der Waals surface area (Å²) in [5, 5.41) is 10.4. The summed E-state index contributed by atoms with van der Waals surface area (Å²) in [4.78, 5) is 4.10. The molecule has 1 atom stereocenters. The molecular formula is C19H22N4S. The van der Waals surface area contributed by atoms with Gasteiger partial charge in [0.15, 0.2) is 11.0 Å². The first kappa shape index (κ1) is 16.7. The topological polar surface area (TPSA) is 43.6 Å². The van der Waals surface area contributed by atoms with Crippen LogP contribution in [0.15, 0.2) is 47.9 Å². The molecule has 1 aromatic carbocycles. The van der Waals surface area contributed by atoms with E-state index in [4.69, 9.17) is 0 Å². The summed E-state index contributed by atoms with van der Waals surface area (Å²) in [6, 6.07) is 10.4. The fourth-order valence-corrected chi connectivity index (χ4v) is 3.31. The first-order valence-corrected chi connectivity index (χ1v) is 9.08. The van der Waals surface area contributed by atoms with E-state index in [0.717, 1.165) is 28.7 Å². The summed E-state index contributed by atoms with van der Waals surface area (Å²) < 4.78 is 2.15. The van der Waals surface area contributed by atoms with Crippen molar-refractivity contribution in [2.45, 2.75) is 44.5 Å². The lowest BCUT2D eigenvalue weighted by Gasteiger charge is -2.14. The van der Waals surface area contributed by atoms with E-state index in [1.165, 1.54) is 11.1 Å². The SMILES string of the molecule is CCC(C)Sc1nnc(-c2ccncc2)n1-c1ccc(C)c(C)c1. The molecule has 0 N–H and O–H groups in total. The zero-order valence-electron chi connectivity index (χ0n) is 14.5. The van der Waals surface area contributed by atoms with Gasteiger partial charge >= 0.3 is 0 Å². The van der Waals surface area contributed by atoms with Crippen molar-refractivity contribution in [1.29, 1.82) is 0 Å². The first-order chi connectivity index (χ1) is 11.6. The standard InChI is InChI=1S/C19H22N4S/c1-5-15(4)24-19-22-21-18(16-8-10-20-11-9-16)23(19)17-7-6-13(2)14(3)12-17/h6-12,15H,5H2,1-4H3. The molecule has 0 spiro atoms. The molecule has 0 aliphatic carbocycles.